The number of aromatic nitrogens is 3. The molecule has 148 valence electrons. The van der Waals surface area contributed by atoms with Gasteiger partial charge in [-0.1, -0.05) is 17.7 Å². The predicted molar refractivity (Wildman–Crippen MR) is 110 cm³/mol. The Morgan fingerprint density at radius 2 is 1.83 bits per heavy atom. The highest BCUT2D eigenvalue weighted by Crippen LogP contribution is 2.22. The number of nitrogens with one attached hydrogen (secondary N) is 1. The van der Waals surface area contributed by atoms with E-state index in [1.165, 1.54) is 39.3 Å². The van der Waals surface area contributed by atoms with Crippen LogP contribution in [0.3, 0.4) is 0 Å². The fraction of sp³-hybridized carbons (Fsp3) is 0.150. The van der Waals surface area contributed by atoms with Crippen LogP contribution >= 0.6 is 11.6 Å². The van der Waals surface area contributed by atoms with Gasteiger partial charge in [0, 0.05) is 17.8 Å². The van der Waals surface area contributed by atoms with Crippen molar-refractivity contribution in [2.75, 3.05) is 0 Å². The van der Waals surface area contributed by atoms with Crippen molar-refractivity contribution in [3.8, 4) is 0 Å². The van der Waals surface area contributed by atoms with Crippen LogP contribution in [0, 0.1) is 12.3 Å². The quantitative estimate of drug-likeness (QED) is 0.507. The second kappa shape index (κ2) is 6.82. The highest BCUT2D eigenvalue weighted by Gasteiger charge is 2.24. The number of hydrogen-bond acceptors (Lipinski definition) is 5. The molecule has 1 N–H and O–H groups in total. The van der Waals surface area contributed by atoms with E-state index < -0.39 is 9.84 Å². The second-order valence-corrected chi connectivity index (χ2v) is 8.95. The summed E-state index contributed by atoms with van der Waals surface area (Å²) in [4.78, 5) is 17.4. The maximum atomic E-state index is 13.2. The molecular formula is C20H17ClN4O3S. The topological polar surface area (TPSA) is 97.3 Å². The normalized spacial score (nSPS) is 12.0. The van der Waals surface area contributed by atoms with Gasteiger partial charge >= 0.3 is 0 Å². The third kappa shape index (κ3) is 2.95. The summed E-state index contributed by atoms with van der Waals surface area (Å²) < 4.78 is 29.2. The van der Waals surface area contributed by atoms with Gasteiger partial charge in [0.15, 0.2) is 0 Å². The standard InChI is InChI=1S/C20H17ClN4O3S/c1-3-24-17(22)16(29(27,28)14-8-6-13(21)7-9-14)11-15-19(24)23-18-12(2)5-4-10-25(18)20(15)26/h4-11,22H,3H2,1-2H3. The Labute approximate surface area is 171 Å². The average molecular weight is 429 g/mol. The van der Waals surface area contributed by atoms with E-state index in [1.807, 2.05) is 13.0 Å². The van der Waals surface area contributed by atoms with E-state index in [0.717, 1.165) is 5.56 Å². The maximum absolute atomic E-state index is 13.2. The molecule has 0 amide bonds. The summed E-state index contributed by atoms with van der Waals surface area (Å²) in [6, 6.07) is 10.5. The van der Waals surface area contributed by atoms with Crippen LogP contribution < -0.4 is 11.0 Å². The number of halogens is 1. The van der Waals surface area contributed by atoms with Crippen molar-refractivity contribution < 1.29 is 8.42 Å². The van der Waals surface area contributed by atoms with Crippen LogP contribution in [0.5, 0.6) is 0 Å². The summed E-state index contributed by atoms with van der Waals surface area (Å²) in [7, 11) is -4.03. The van der Waals surface area contributed by atoms with Gasteiger partial charge < -0.3 is 4.57 Å². The Morgan fingerprint density at radius 3 is 2.48 bits per heavy atom. The lowest BCUT2D eigenvalue weighted by molar-refractivity contribution is 0.590. The first-order chi connectivity index (χ1) is 13.8. The molecule has 0 aliphatic heterocycles. The molecule has 0 atom stereocenters. The van der Waals surface area contributed by atoms with E-state index >= 15 is 0 Å². The highest BCUT2D eigenvalue weighted by molar-refractivity contribution is 7.91. The minimum Gasteiger partial charge on any atom is -0.310 e. The molecule has 4 aromatic rings. The molecule has 0 fully saturated rings. The predicted octanol–water partition coefficient (Wildman–Crippen LogP) is 2.94. The molecule has 0 saturated carbocycles. The van der Waals surface area contributed by atoms with E-state index in [2.05, 4.69) is 4.98 Å². The largest absolute Gasteiger partial charge is 0.310 e. The van der Waals surface area contributed by atoms with Crippen LogP contribution in [0.4, 0.5) is 0 Å². The molecule has 0 aliphatic carbocycles. The Bertz CT molecular complexity index is 1500. The van der Waals surface area contributed by atoms with Gasteiger partial charge in [-0.15, -0.1) is 0 Å². The van der Waals surface area contributed by atoms with Gasteiger partial charge in [-0.25, -0.2) is 13.4 Å². The Balaban J connectivity index is 2.15. The van der Waals surface area contributed by atoms with E-state index in [0.29, 0.717) is 10.7 Å². The van der Waals surface area contributed by atoms with Gasteiger partial charge in [-0.05, 0) is 55.8 Å². The summed E-state index contributed by atoms with van der Waals surface area (Å²) >= 11 is 5.87. The zero-order valence-electron chi connectivity index (χ0n) is 15.7. The van der Waals surface area contributed by atoms with E-state index in [4.69, 9.17) is 17.0 Å². The number of hydrogen-bond donors (Lipinski definition) is 1. The fourth-order valence-corrected chi connectivity index (χ4v) is 4.84. The van der Waals surface area contributed by atoms with Crippen molar-refractivity contribution >= 4 is 38.1 Å². The number of pyridine rings is 2. The highest BCUT2D eigenvalue weighted by atomic mass is 35.5. The molecular weight excluding hydrogens is 412 g/mol. The zero-order valence-corrected chi connectivity index (χ0v) is 17.3. The van der Waals surface area contributed by atoms with Crippen LogP contribution in [0.2, 0.25) is 5.02 Å². The fourth-order valence-electron chi connectivity index (χ4n) is 3.32. The summed E-state index contributed by atoms with van der Waals surface area (Å²) in [5.74, 6) is 0. The average Bonchev–Trinajstić information content (AvgIpc) is 2.69. The molecule has 29 heavy (non-hydrogen) atoms. The van der Waals surface area contributed by atoms with Gasteiger partial charge in [0.25, 0.3) is 5.56 Å². The lowest BCUT2D eigenvalue weighted by Gasteiger charge is -2.14. The van der Waals surface area contributed by atoms with Crippen LogP contribution in [-0.4, -0.2) is 22.4 Å². The molecule has 4 rings (SSSR count). The molecule has 0 radical (unpaired) electrons. The van der Waals surface area contributed by atoms with Crippen molar-refractivity contribution in [3.63, 3.8) is 0 Å². The second-order valence-electron chi connectivity index (χ2n) is 6.60. The first-order valence-electron chi connectivity index (χ1n) is 8.86. The van der Waals surface area contributed by atoms with Crippen LogP contribution in [0.1, 0.15) is 12.5 Å². The van der Waals surface area contributed by atoms with E-state index in [-0.39, 0.29) is 38.4 Å². The van der Waals surface area contributed by atoms with Crippen LogP contribution in [0.25, 0.3) is 16.7 Å². The Kier molecular flexibility index (Phi) is 4.55. The number of rotatable bonds is 3. The van der Waals surface area contributed by atoms with Crippen molar-refractivity contribution in [2.45, 2.75) is 30.2 Å². The molecule has 0 unspecified atom stereocenters. The molecule has 0 bridgehead atoms. The van der Waals surface area contributed by atoms with Crippen molar-refractivity contribution in [3.05, 3.63) is 75.1 Å². The third-order valence-corrected chi connectivity index (χ3v) is 6.86. The number of nitrogens with zero attached hydrogens (tertiary/aromatic N) is 3. The molecule has 0 saturated heterocycles. The SMILES string of the molecule is CCn1c(=N)c(S(=O)(=O)c2ccc(Cl)cc2)cc2c(=O)n3cccc(C)c3nc21. The molecule has 3 heterocycles. The summed E-state index contributed by atoms with van der Waals surface area (Å²) in [6.07, 6.45) is 1.59. The van der Waals surface area contributed by atoms with Crippen molar-refractivity contribution in [1.29, 1.82) is 5.41 Å². The number of benzene rings is 1. The van der Waals surface area contributed by atoms with Gasteiger partial charge in [-0.2, -0.15) is 0 Å². The smallest absolute Gasteiger partial charge is 0.267 e. The summed E-state index contributed by atoms with van der Waals surface area (Å²) in [6.45, 7) is 3.90. The summed E-state index contributed by atoms with van der Waals surface area (Å²) in [5, 5.41) is 9.06. The van der Waals surface area contributed by atoms with Crippen LogP contribution in [0.15, 0.2) is 63.2 Å². The lowest BCUT2D eigenvalue weighted by atomic mass is 10.2. The van der Waals surface area contributed by atoms with Gasteiger partial charge in [0.2, 0.25) is 9.84 Å². The maximum Gasteiger partial charge on any atom is 0.267 e. The lowest BCUT2D eigenvalue weighted by Crippen LogP contribution is -2.29. The first kappa shape index (κ1) is 19.4. The zero-order chi connectivity index (χ0) is 20.9. The van der Waals surface area contributed by atoms with Crippen molar-refractivity contribution in [2.24, 2.45) is 0 Å². The molecule has 9 heteroatoms. The Morgan fingerprint density at radius 1 is 1.14 bits per heavy atom. The minimum atomic E-state index is -4.03. The molecule has 0 spiro atoms. The van der Waals surface area contributed by atoms with Gasteiger partial charge in [0.05, 0.1) is 10.3 Å². The van der Waals surface area contributed by atoms with E-state index in [9.17, 15) is 13.2 Å². The van der Waals surface area contributed by atoms with E-state index in [1.54, 1.807) is 19.2 Å². The number of sulfone groups is 1. The van der Waals surface area contributed by atoms with Gasteiger partial charge in [-0.3, -0.25) is 14.6 Å². The first-order valence-corrected chi connectivity index (χ1v) is 10.7. The monoisotopic (exact) mass is 428 g/mol. The van der Waals surface area contributed by atoms with Crippen LogP contribution in [-0.2, 0) is 16.4 Å². The molecule has 1 aromatic carbocycles. The molecule has 3 aromatic heterocycles. The minimum absolute atomic E-state index is 0.00194. The third-order valence-electron chi connectivity index (χ3n) is 4.83. The summed E-state index contributed by atoms with van der Waals surface area (Å²) in [5.41, 5.74) is 0.952. The Hall–Kier alpha value is -2.97. The molecule has 0 aliphatic rings. The number of aryl methyl sites for hydroxylation is 2. The van der Waals surface area contributed by atoms with Crippen molar-refractivity contribution in [1.82, 2.24) is 14.0 Å². The number of fused-ring (bicyclic) bond motifs is 2. The molecule has 7 nitrogen and oxygen atoms in total. The van der Waals surface area contributed by atoms with Gasteiger partial charge in [0.1, 0.15) is 21.7 Å².